The Balaban J connectivity index is 1.81. The maximum atomic E-state index is 14.3. The Morgan fingerprint density at radius 1 is 0.847 bits per heavy atom. The molecule has 72 heavy (non-hydrogen) atoms. The zero-order valence-electron chi connectivity index (χ0n) is 42.6. The maximum absolute atomic E-state index is 14.3. The van der Waals surface area contributed by atoms with Crippen LogP contribution in [0.2, 0.25) is 0 Å². The van der Waals surface area contributed by atoms with Gasteiger partial charge in [-0.2, -0.15) is 9.29 Å². The van der Waals surface area contributed by atoms with Crippen LogP contribution in [-0.4, -0.2) is 114 Å². The largest absolute Gasteiger partial charge is 0.481 e. The number of nitrogen functional groups attached to an aromatic ring is 1. The zero-order chi connectivity index (χ0) is 53.1. The molecule has 3 heterocycles. The lowest BCUT2D eigenvalue weighted by Gasteiger charge is -2.38. The molecule has 0 aromatic carbocycles. The van der Waals surface area contributed by atoms with Gasteiger partial charge in [-0.05, 0) is 37.7 Å². The highest BCUT2D eigenvalue weighted by Crippen LogP contribution is 2.60. The number of carbonyl (C=O) groups is 3. The molecule has 23 heteroatoms. The highest BCUT2D eigenvalue weighted by Gasteiger charge is 2.45. The number of nitrogens with zero attached hydrogens (tertiary/aromatic N) is 2. The molecule has 1 aromatic heterocycles. The van der Waals surface area contributed by atoms with Crippen LogP contribution < -0.4 is 11.4 Å². The van der Waals surface area contributed by atoms with Crippen LogP contribution in [0.1, 0.15) is 181 Å². The third-order valence-electron chi connectivity index (χ3n) is 12.9. The van der Waals surface area contributed by atoms with Gasteiger partial charge in [-0.3, -0.25) is 28.0 Å². The molecule has 0 radical (unpaired) electrons. The van der Waals surface area contributed by atoms with Gasteiger partial charge in [0.25, 0.3) is 0 Å². The average Bonchev–Trinajstić information content (AvgIpc) is 3.30. The molecule has 21 nitrogen and oxygen atoms in total. The van der Waals surface area contributed by atoms with Crippen molar-refractivity contribution in [3.05, 3.63) is 34.9 Å². The topological polar surface area (TPSA) is 323 Å². The van der Waals surface area contributed by atoms with E-state index in [0.29, 0.717) is 44.9 Å². The van der Waals surface area contributed by atoms with Crippen LogP contribution in [-0.2, 0) is 51.1 Å². The number of esters is 2. The summed E-state index contributed by atoms with van der Waals surface area (Å²) in [4.78, 5) is 78.5. The van der Waals surface area contributed by atoms with Crippen molar-refractivity contribution in [1.29, 1.82) is 0 Å². The summed E-state index contributed by atoms with van der Waals surface area (Å²) in [6.07, 6.45) is 8.45. The number of aliphatic hydroxyl groups is 4. The predicted molar refractivity (Wildman–Crippen MR) is 267 cm³/mol. The maximum Gasteiger partial charge on any atom is 0.481 e. The fourth-order valence-corrected chi connectivity index (χ4v) is 10.9. The molecule has 2 saturated heterocycles. The van der Waals surface area contributed by atoms with Crippen LogP contribution in [0.3, 0.4) is 0 Å². The molecule has 1 aromatic rings. The van der Waals surface area contributed by atoms with E-state index in [1.165, 1.54) is 62.9 Å². The summed E-state index contributed by atoms with van der Waals surface area (Å²) in [6, 6.07) is 1.23. The summed E-state index contributed by atoms with van der Waals surface area (Å²) in [5, 5.41) is 45.6. The molecule has 2 bridgehead atoms. The first-order valence-corrected chi connectivity index (χ1v) is 29.2. The zero-order valence-corrected chi connectivity index (χ0v) is 44.4. The van der Waals surface area contributed by atoms with Gasteiger partial charge in [-0.1, -0.05) is 142 Å². The number of phosphoric ester groups is 2. The van der Waals surface area contributed by atoms with E-state index < -0.39 is 120 Å². The first-order chi connectivity index (χ1) is 34.2. The quantitative estimate of drug-likeness (QED) is 0.0259. The summed E-state index contributed by atoms with van der Waals surface area (Å²) in [5.74, 6) is -4.18. The van der Waals surface area contributed by atoms with E-state index in [1.54, 1.807) is 0 Å². The van der Waals surface area contributed by atoms with Crippen LogP contribution in [0.4, 0.5) is 5.82 Å². The number of nitrogens with two attached hydrogens (primary N) is 1. The first kappa shape index (κ1) is 63.4. The van der Waals surface area contributed by atoms with Crippen molar-refractivity contribution in [3.8, 4) is 0 Å². The molecule has 0 amide bonds. The first-order valence-electron chi connectivity index (χ1n) is 26.2. The van der Waals surface area contributed by atoms with Gasteiger partial charge in [-0.15, -0.1) is 0 Å². The summed E-state index contributed by atoms with van der Waals surface area (Å²) >= 11 is 0. The number of Topliss-reactive ketones (excluding diaryl/α,β-unsaturated/α-hetero) is 1. The summed E-state index contributed by atoms with van der Waals surface area (Å²) in [7, 11) is -11.3. The van der Waals surface area contributed by atoms with E-state index in [9.17, 15) is 58.5 Å². The van der Waals surface area contributed by atoms with Crippen molar-refractivity contribution in [3.63, 3.8) is 0 Å². The average molecular weight is 1070 g/mol. The van der Waals surface area contributed by atoms with Crippen molar-refractivity contribution in [2.75, 3.05) is 25.6 Å². The fraction of sp³-hybridized carbons (Fsp3) is 0.816. The molecular formula is C49H85N3O18P2. The molecule has 2 fully saturated rings. The number of ketones is 1. The molecule has 0 spiro atoms. The molecule has 414 valence electrons. The van der Waals surface area contributed by atoms with E-state index in [2.05, 4.69) is 23.1 Å². The minimum absolute atomic E-state index is 0.00108. The van der Waals surface area contributed by atoms with Crippen LogP contribution in [0.25, 0.3) is 0 Å². The van der Waals surface area contributed by atoms with Gasteiger partial charge in [0.05, 0.1) is 37.4 Å². The number of carbonyl (C=O) groups excluding carboxylic acids is 3. The number of cyclic esters (lactones) is 1. The molecule has 2 unspecified atom stereocenters. The van der Waals surface area contributed by atoms with Crippen LogP contribution in [0, 0.1) is 17.8 Å². The number of hydrogen-bond donors (Lipinski definition) is 7. The van der Waals surface area contributed by atoms with Crippen molar-refractivity contribution in [2.24, 2.45) is 17.8 Å². The Morgan fingerprint density at radius 3 is 2.10 bits per heavy atom. The molecule has 8 N–H and O–H groups in total. The van der Waals surface area contributed by atoms with E-state index in [-0.39, 0.29) is 25.1 Å². The van der Waals surface area contributed by atoms with Crippen molar-refractivity contribution < 1.29 is 81.3 Å². The van der Waals surface area contributed by atoms with Crippen molar-refractivity contribution in [1.82, 2.24) is 9.55 Å². The van der Waals surface area contributed by atoms with Gasteiger partial charge >= 0.3 is 33.3 Å². The second kappa shape index (κ2) is 33.9. The number of hydrogen-bond acceptors (Lipinski definition) is 18. The van der Waals surface area contributed by atoms with Gasteiger partial charge in [0, 0.05) is 31.4 Å². The molecule has 2 aliphatic heterocycles. The molecule has 2 aliphatic rings. The SMILES string of the molecule is CCCCC[C@H](O)/C=C/[C@@H]1[C@H](O)[C@H](O)[C@H]2COP(=O)(O)OP(=O)(O)OC[C@H](OC(=O)CCCCCCCCCCCCCC(C)C)COC(=O)CCCCCC[C@@H](C(=O)C[C@H]1O)[C@H](n1ccc(N)nc1=O)O2. The van der Waals surface area contributed by atoms with Gasteiger partial charge in [-0.25, -0.2) is 13.9 Å². The third kappa shape index (κ3) is 25.1. The number of rotatable bonds is 22. The number of ether oxygens (including phenoxy) is 3. The number of unbranched alkanes of at least 4 members (excludes halogenated alkanes) is 12. The van der Waals surface area contributed by atoms with Crippen LogP contribution in [0.5, 0.6) is 0 Å². The van der Waals surface area contributed by atoms with E-state index >= 15 is 0 Å². The molecular weight excluding hydrogens is 980 g/mol. The number of aliphatic hydroxyl groups excluding tert-OH is 4. The summed E-state index contributed by atoms with van der Waals surface area (Å²) < 4.78 is 59.0. The lowest BCUT2D eigenvalue weighted by Crippen LogP contribution is -2.51. The molecule has 11 atom stereocenters. The van der Waals surface area contributed by atoms with E-state index in [0.717, 1.165) is 55.4 Å². The van der Waals surface area contributed by atoms with E-state index in [1.807, 2.05) is 6.92 Å². The Labute approximate surface area is 424 Å². The molecule has 3 rings (SSSR count). The van der Waals surface area contributed by atoms with Crippen LogP contribution >= 0.6 is 15.6 Å². The lowest BCUT2D eigenvalue weighted by atomic mass is 9.83. The summed E-state index contributed by atoms with van der Waals surface area (Å²) in [6.45, 7) is 3.76. The normalized spacial score (nSPS) is 29.6. The second-order valence-electron chi connectivity index (χ2n) is 19.6. The Bertz CT molecular complexity index is 1940. The van der Waals surface area contributed by atoms with Gasteiger partial charge < -0.3 is 50.2 Å². The Morgan fingerprint density at radius 2 is 1.46 bits per heavy atom. The number of fused-ring (bicyclic) bond motifs is 3. The monoisotopic (exact) mass is 1070 g/mol. The number of aromatic nitrogens is 2. The summed E-state index contributed by atoms with van der Waals surface area (Å²) in [5.41, 5.74) is 4.76. The van der Waals surface area contributed by atoms with E-state index in [4.69, 9.17) is 29.0 Å². The lowest BCUT2D eigenvalue weighted by molar-refractivity contribution is -0.184. The van der Waals surface area contributed by atoms with Crippen molar-refractivity contribution in [2.45, 2.75) is 218 Å². The minimum atomic E-state index is -5.71. The van der Waals surface area contributed by atoms with Gasteiger partial charge in [0.1, 0.15) is 36.6 Å². The second-order valence-corrected chi connectivity index (χ2v) is 22.7. The smallest absolute Gasteiger partial charge is 0.462 e. The predicted octanol–water partition coefficient (Wildman–Crippen LogP) is 7.28. The minimum Gasteiger partial charge on any atom is -0.462 e. The van der Waals surface area contributed by atoms with Gasteiger partial charge in [0.2, 0.25) is 0 Å². The molecule has 0 saturated carbocycles. The van der Waals surface area contributed by atoms with Crippen LogP contribution in [0.15, 0.2) is 29.2 Å². The Hall–Kier alpha value is -2.91. The third-order valence-corrected chi connectivity index (χ3v) is 15.5. The number of phosphoric acid groups is 2. The number of anilines is 1. The standard InChI is InChI=1S/C49H85N3O18P2/c1-4-5-17-23-36(53)27-28-38-40(54)31-41(55)39-24-19-15-16-20-25-44(56)65-32-37(68-45(57)26-21-14-12-10-8-6-7-9-11-13-18-22-35(2)3)33-66-71(61,62)70-72(63,64)67-34-42(47(59)46(38)58)69-48(39)52-30-29-43(50)51-49(52)60/h27-30,35-40,42,46-48,53-54,58-59H,4-26,31-34H2,1-3H3,(H,61,62)(H,63,64)(H2,50,51,60)/b28-27+/t36-,37+,38-,39-,40+,42+,46-,47+,48+/m0/s1. The fourth-order valence-electron chi connectivity index (χ4n) is 8.74. The highest BCUT2D eigenvalue weighted by molar-refractivity contribution is 7.61. The van der Waals surface area contributed by atoms with Gasteiger partial charge in [0.15, 0.2) is 6.10 Å². The Kier molecular flexibility index (Phi) is 29.8. The highest BCUT2D eigenvalue weighted by atomic mass is 31.3. The van der Waals surface area contributed by atoms with Crippen molar-refractivity contribution >= 4 is 39.2 Å². The molecule has 0 aliphatic carbocycles.